The van der Waals surface area contributed by atoms with Crippen LogP contribution in [0.25, 0.3) is 0 Å². The second kappa shape index (κ2) is 44.1. The van der Waals surface area contributed by atoms with E-state index in [1.807, 2.05) is 0 Å². The van der Waals surface area contributed by atoms with Crippen LogP contribution in [0.15, 0.2) is 0 Å². The first-order valence-electron chi connectivity index (χ1n) is 0. The molecule has 0 nitrogen and oxygen atoms in total. The van der Waals surface area contributed by atoms with E-state index in [0.717, 1.165) is 0 Å². The Labute approximate surface area is 162 Å². The third-order valence-corrected chi connectivity index (χ3v) is 0. The van der Waals surface area contributed by atoms with E-state index in [0.29, 0.717) is 0 Å². The van der Waals surface area contributed by atoms with Crippen LogP contribution in [0.1, 0.15) is 4.28 Å². The van der Waals surface area contributed by atoms with Gasteiger partial charge >= 0.3 is 67.7 Å². The van der Waals surface area contributed by atoms with E-state index in [9.17, 15) is 0 Å². The normalized spacial score (nSPS) is 0. The van der Waals surface area contributed by atoms with Gasteiger partial charge in [0.1, 0.15) is 0 Å². The van der Waals surface area contributed by atoms with Gasteiger partial charge in [-0.3, -0.25) is 0 Å². The SMILES string of the molecule is [AlH3].[B].[Ba+2].[H-].[H-].[H-].[Li+].[Ni].[Y].[Zn]. The van der Waals surface area contributed by atoms with E-state index < -0.39 is 0 Å². The molecule has 0 atom stereocenters. The van der Waals surface area contributed by atoms with Crippen molar-refractivity contribution in [1.82, 2.24) is 0 Å². The number of rotatable bonds is 0. The molecule has 0 heterocycles. The minimum Gasteiger partial charge on any atom is -1.00 e. The van der Waals surface area contributed by atoms with Gasteiger partial charge in [0, 0.05) is 77.1 Å². The van der Waals surface area contributed by atoms with Gasteiger partial charge in [0.2, 0.25) is 0 Å². The van der Waals surface area contributed by atoms with Crippen molar-refractivity contribution in [2.24, 2.45) is 0 Å². The third-order valence-electron chi connectivity index (χ3n) is 0. The molecule has 0 saturated carbocycles. The van der Waals surface area contributed by atoms with Gasteiger partial charge in [-0.1, -0.05) is 0 Å². The van der Waals surface area contributed by atoms with Crippen molar-refractivity contribution >= 4 is 74.7 Å². The molecule has 7 heteroatoms. The van der Waals surface area contributed by atoms with Crippen molar-refractivity contribution in [1.29, 1.82) is 0 Å². The summed E-state index contributed by atoms with van der Waals surface area (Å²) in [6, 6.07) is 0. The predicted molar refractivity (Wildman–Crippen MR) is 24.8 cm³/mol. The van der Waals surface area contributed by atoms with Gasteiger partial charge in [0.25, 0.3) is 0 Å². The van der Waals surface area contributed by atoms with Crippen LogP contribution in [-0.4, -0.2) is 74.7 Å². The van der Waals surface area contributed by atoms with Crippen LogP contribution in [0.4, 0.5) is 0 Å². The monoisotopic (exact) mass is 400 g/mol. The number of hydrogen-bond donors (Lipinski definition) is 0. The first kappa shape index (κ1) is 58.2. The Hall–Kier alpha value is 4.99. The maximum atomic E-state index is 0. The molecule has 0 unspecified atom stereocenters. The average Bonchev–Trinajstić information content (AvgIpc) is 0. The summed E-state index contributed by atoms with van der Waals surface area (Å²) in [5.74, 6) is 0. The fourth-order valence-corrected chi connectivity index (χ4v) is 0. The molecule has 7 heavy (non-hydrogen) atoms. The van der Waals surface area contributed by atoms with Crippen LogP contribution in [-0.2, 0) is 68.7 Å². The van der Waals surface area contributed by atoms with E-state index in [2.05, 4.69) is 0 Å². The van der Waals surface area contributed by atoms with Crippen LogP contribution >= 0.6 is 0 Å². The molecule has 0 aromatic heterocycles. The van der Waals surface area contributed by atoms with Crippen molar-refractivity contribution in [3.05, 3.63) is 0 Å². The molecule has 0 bridgehead atoms. The fourth-order valence-electron chi connectivity index (χ4n) is 0. The minimum absolute atomic E-state index is 0. The Kier molecular flexibility index (Phi) is 366. The van der Waals surface area contributed by atoms with Gasteiger partial charge in [-0.15, -0.1) is 0 Å². The van der Waals surface area contributed by atoms with Gasteiger partial charge in [-0.05, 0) is 0 Å². The molecule has 0 aliphatic heterocycles. The second-order valence-corrected chi connectivity index (χ2v) is 0. The first-order chi connectivity index (χ1) is 0. The minimum atomic E-state index is 0. The van der Waals surface area contributed by atoms with E-state index in [1.54, 1.807) is 0 Å². The molecule has 0 saturated heterocycles. The summed E-state index contributed by atoms with van der Waals surface area (Å²) in [4.78, 5) is 0. The van der Waals surface area contributed by atoms with Crippen molar-refractivity contribution in [2.75, 3.05) is 0 Å². The largest absolute Gasteiger partial charge is 2.00 e. The standard InChI is InChI=1S/Al.B.Ba.Li.Ni.Y.Zn.6H/q;;+2;+1;;;;;;;3*-1. The molecule has 0 aliphatic carbocycles. The fraction of sp³-hybridized carbons (Fsp3) is 0. The van der Waals surface area contributed by atoms with E-state index in [4.69, 9.17) is 0 Å². The van der Waals surface area contributed by atoms with E-state index >= 15 is 0 Å². The molecule has 4 radical (unpaired) electrons. The molecule has 0 aromatic rings. The van der Waals surface area contributed by atoms with Gasteiger partial charge < -0.3 is 4.28 Å². The summed E-state index contributed by atoms with van der Waals surface area (Å²) in [6.07, 6.45) is 0. The van der Waals surface area contributed by atoms with Crippen molar-refractivity contribution in [2.45, 2.75) is 0 Å². The average molecular weight is 401 g/mol. The van der Waals surface area contributed by atoms with E-state index in [-0.39, 0.29) is 166 Å². The molecule has 30 valence electrons. The molecular weight excluding hydrogens is 395 g/mol. The molecule has 0 aliphatic rings. The summed E-state index contributed by atoms with van der Waals surface area (Å²) < 4.78 is 0. The Balaban J connectivity index is 0. The zero-order valence-corrected chi connectivity index (χ0v) is 15.1. The van der Waals surface area contributed by atoms with Crippen LogP contribution in [0.2, 0.25) is 0 Å². The molecule has 0 aromatic carbocycles. The maximum absolute atomic E-state index is 0. The molecule has 0 spiro atoms. The molecular formula is H6AlBBaLiNiYZn. The predicted octanol–water partition coefficient (Wildman–Crippen LogP) is -4.61. The van der Waals surface area contributed by atoms with Crippen molar-refractivity contribution in [3.63, 3.8) is 0 Å². The summed E-state index contributed by atoms with van der Waals surface area (Å²) >= 11 is 0. The Morgan fingerprint density at radius 1 is 1.14 bits per heavy atom. The van der Waals surface area contributed by atoms with Gasteiger partial charge in [0.15, 0.2) is 17.4 Å². The van der Waals surface area contributed by atoms with Gasteiger partial charge in [-0.25, -0.2) is 0 Å². The maximum Gasteiger partial charge on any atom is 2.00 e. The van der Waals surface area contributed by atoms with Crippen LogP contribution < -0.4 is 18.9 Å². The third kappa shape index (κ3) is 35.7. The Morgan fingerprint density at radius 3 is 1.14 bits per heavy atom. The van der Waals surface area contributed by atoms with Crippen LogP contribution in [0.5, 0.6) is 0 Å². The molecule has 0 rings (SSSR count). The van der Waals surface area contributed by atoms with Gasteiger partial charge in [-0.2, -0.15) is 0 Å². The summed E-state index contributed by atoms with van der Waals surface area (Å²) in [5, 5.41) is 0. The molecule has 0 amide bonds. The molecule has 0 fully saturated rings. The first-order valence-corrected chi connectivity index (χ1v) is 0. The summed E-state index contributed by atoms with van der Waals surface area (Å²) in [6.45, 7) is 0. The smallest absolute Gasteiger partial charge is 1.00 e. The zero-order valence-electron chi connectivity index (χ0n) is 6.89. The van der Waals surface area contributed by atoms with Gasteiger partial charge in [0.05, 0.1) is 0 Å². The van der Waals surface area contributed by atoms with Crippen LogP contribution in [0, 0.1) is 0 Å². The summed E-state index contributed by atoms with van der Waals surface area (Å²) in [5.41, 5.74) is 0. The summed E-state index contributed by atoms with van der Waals surface area (Å²) in [7, 11) is 0. The van der Waals surface area contributed by atoms with Crippen LogP contribution in [0.3, 0.4) is 0 Å². The topological polar surface area (TPSA) is 0 Å². The molecule has 0 N–H and O–H groups in total. The number of hydrogen-bond acceptors (Lipinski definition) is 0. The zero-order chi connectivity index (χ0) is 0. The Morgan fingerprint density at radius 2 is 1.14 bits per heavy atom. The quantitative estimate of drug-likeness (QED) is 0.359. The van der Waals surface area contributed by atoms with E-state index in [1.165, 1.54) is 0 Å². The second-order valence-electron chi connectivity index (χ2n) is 0. The van der Waals surface area contributed by atoms with Crippen molar-refractivity contribution in [3.8, 4) is 0 Å². The Bertz CT molecular complexity index is 28.5. The van der Waals surface area contributed by atoms with Crippen molar-refractivity contribution < 1.29 is 91.8 Å².